The van der Waals surface area contributed by atoms with Gasteiger partial charge in [0.2, 0.25) is 0 Å². The maximum Gasteiger partial charge on any atom is 0.277 e. The summed E-state index contributed by atoms with van der Waals surface area (Å²) in [6, 6.07) is 5.80. The zero-order chi connectivity index (χ0) is 22.8. The molecule has 0 aliphatic carbocycles. The van der Waals surface area contributed by atoms with Crippen LogP contribution in [0.25, 0.3) is 5.57 Å². The molecule has 3 aliphatic heterocycles. The third-order valence-electron chi connectivity index (χ3n) is 5.99. The molecule has 2 atom stereocenters. The Morgan fingerprint density at radius 2 is 1.62 bits per heavy atom. The molecule has 0 spiro atoms. The molecule has 0 N–H and O–H groups in total. The van der Waals surface area contributed by atoms with Crippen LogP contribution < -0.4 is 0 Å². The summed E-state index contributed by atoms with van der Waals surface area (Å²) in [5, 5.41) is 11.0. The van der Waals surface area contributed by atoms with Crippen LogP contribution in [0.15, 0.2) is 30.0 Å². The highest BCUT2D eigenvalue weighted by Gasteiger charge is 2.43. The van der Waals surface area contributed by atoms with Gasteiger partial charge in [0.1, 0.15) is 5.70 Å². The van der Waals surface area contributed by atoms with Crippen LogP contribution in [0.1, 0.15) is 19.4 Å². The molecule has 1 aromatic carbocycles. The quantitative estimate of drug-likeness (QED) is 0.365. The first-order valence-electron chi connectivity index (χ1n) is 10.9. The van der Waals surface area contributed by atoms with Gasteiger partial charge in [-0.3, -0.25) is 29.5 Å². The molecule has 0 saturated carbocycles. The summed E-state index contributed by atoms with van der Waals surface area (Å²) >= 11 is 0. The molecule has 0 aromatic heterocycles. The number of nitro benzene ring substituents is 1. The Morgan fingerprint density at radius 3 is 2.22 bits per heavy atom. The molecule has 3 aliphatic rings. The number of hydrogen-bond donors (Lipinski definition) is 0. The molecule has 0 radical (unpaired) electrons. The van der Waals surface area contributed by atoms with E-state index in [1.165, 1.54) is 29.2 Å². The normalized spacial score (nSPS) is 25.1. The topological polar surface area (TPSA) is 105 Å². The van der Waals surface area contributed by atoms with Crippen molar-refractivity contribution in [3.8, 4) is 0 Å². The lowest BCUT2D eigenvalue weighted by molar-refractivity contribution is -0.384. The minimum atomic E-state index is -0.485. The summed E-state index contributed by atoms with van der Waals surface area (Å²) in [4.78, 5) is 42.9. The molecule has 0 bridgehead atoms. The van der Waals surface area contributed by atoms with Crippen molar-refractivity contribution in [3.05, 3.63) is 45.6 Å². The van der Waals surface area contributed by atoms with E-state index in [4.69, 9.17) is 9.47 Å². The third kappa shape index (κ3) is 4.52. The number of amides is 2. The second-order valence-corrected chi connectivity index (χ2v) is 8.41. The number of ether oxygens (including phenoxy) is 2. The first-order chi connectivity index (χ1) is 15.3. The zero-order valence-corrected chi connectivity index (χ0v) is 18.4. The second-order valence-electron chi connectivity index (χ2n) is 8.41. The summed E-state index contributed by atoms with van der Waals surface area (Å²) in [7, 11) is 0. The van der Waals surface area contributed by atoms with Gasteiger partial charge in [0, 0.05) is 51.4 Å². The molecule has 10 heteroatoms. The van der Waals surface area contributed by atoms with E-state index in [9.17, 15) is 19.7 Å². The Hall–Kier alpha value is -2.82. The Kier molecular flexibility index (Phi) is 6.54. The summed E-state index contributed by atoms with van der Waals surface area (Å²) < 4.78 is 11.2. The van der Waals surface area contributed by atoms with Gasteiger partial charge in [-0.2, -0.15) is 0 Å². The average molecular weight is 444 g/mol. The largest absolute Gasteiger partial charge is 0.379 e. The van der Waals surface area contributed by atoms with Crippen molar-refractivity contribution >= 4 is 23.1 Å². The van der Waals surface area contributed by atoms with Gasteiger partial charge in [0.05, 0.1) is 35.9 Å². The van der Waals surface area contributed by atoms with Crippen molar-refractivity contribution in [1.82, 2.24) is 14.7 Å². The van der Waals surface area contributed by atoms with E-state index in [-0.39, 0.29) is 36.3 Å². The van der Waals surface area contributed by atoms with E-state index in [0.717, 1.165) is 13.1 Å². The van der Waals surface area contributed by atoms with Crippen molar-refractivity contribution in [2.75, 3.05) is 52.5 Å². The van der Waals surface area contributed by atoms with Crippen LogP contribution >= 0.6 is 0 Å². The number of morpholine rings is 2. The van der Waals surface area contributed by atoms with Crippen LogP contribution in [-0.2, 0) is 19.1 Å². The molecular weight excluding hydrogens is 416 g/mol. The lowest BCUT2D eigenvalue weighted by Crippen LogP contribution is -2.48. The lowest BCUT2D eigenvalue weighted by Gasteiger charge is -2.37. The van der Waals surface area contributed by atoms with Crippen LogP contribution in [0.2, 0.25) is 0 Å². The Balaban J connectivity index is 1.64. The molecule has 172 valence electrons. The number of carbonyl (C=O) groups is 2. The first-order valence-corrected chi connectivity index (χ1v) is 10.9. The highest BCUT2D eigenvalue weighted by molar-refractivity contribution is 6.35. The smallest absolute Gasteiger partial charge is 0.277 e. The SMILES string of the molecule is CC1CN(C2=C(c3ccc([N+](=O)[O-])cc3)C(=O)N(CCN3CCOCC3)C2=O)CC(C)O1. The van der Waals surface area contributed by atoms with E-state index in [2.05, 4.69) is 4.90 Å². The summed E-state index contributed by atoms with van der Waals surface area (Å²) in [6.45, 7) is 8.54. The van der Waals surface area contributed by atoms with Gasteiger partial charge < -0.3 is 14.4 Å². The maximum absolute atomic E-state index is 13.5. The number of benzene rings is 1. The van der Waals surface area contributed by atoms with Gasteiger partial charge in [-0.15, -0.1) is 0 Å². The van der Waals surface area contributed by atoms with Gasteiger partial charge in [0.15, 0.2) is 0 Å². The van der Waals surface area contributed by atoms with Crippen molar-refractivity contribution in [2.24, 2.45) is 0 Å². The number of hydrogen-bond acceptors (Lipinski definition) is 8. The highest BCUT2D eigenvalue weighted by atomic mass is 16.6. The predicted octanol–water partition coefficient (Wildman–Crippen LogP) is 1.12. The van der Waals surface area contributed by atoms with Crippen LogP contribution in [0.5, 0.6) is 0 Å². The first kappa shape index (κ1) is 22.4. The van der Waals surface area contributed by atoms with E-state index in [1.54, 1.807) is 0 Å². The Morgan fingerprint density at radius 1 is 1.00 bits per heavy atom. The summed E-state index contributed by atoms with van der Waals surface area (Å²) in [5.74, 6) is -0.683. The molecule has 10 nitrogen and oxygen atoms in total. The van der Waals surface area contributed by atoms with E-state index in [0.29, 0.717) is 49.7 Å². The molecule has 1 aromatic rings. The van der Waals surface area contributed by atoms with E-state index in [1.807, 2.05) is 18.7 Å². The van der Waals surface area contributed by atoms with Gasteiger partial charge in [-0.1, -0.05) is 0 Å². The van der Waals surface area contributed by atoms with Crippen LogP contribution in [0, 0.1) is 10.1 Å². The molecular formula is C22H28N4O6. The van der Waals surface area contributed by atoms with E-state index < -0.39 is 4.92 Å². The Bertz CT molecular complexity index is 915. The van der Waals surface area contributed by atoms with E-state index >= 15 is 0 Å². The van der Waals surface area contributed by atoms with Gasteiger partial charge in [0.25, 0.3) is 17.5 Å². The number of imide groups is 1. The molecule has 2 unspecified atom stereocenters. The molecule has 2 saturated heterocycles. The molecule has 2 fully saturated rings. The fourth-order valence-electron chi connectivity index (χ4n) is 4.50. The molecule has 32 heavy (non-hydrogen) atoms. The Labute approximate surface area is 186 Å². The number of carbonyl (C=O) groups excluding carboxylic acids is 2. The fourth-order valence-corrected chi connectivity index (χ4v) is 4.50. The third-order valence-corrected chi connectivity index (χ3v) is 5.99. The van der Waals surface area contributed by atoms with Crippen molar-refractivity contribution in [1.29, 1.82) is 0 Å². The monoisotopic (exact) mass is 444 g/mol. The van der Waals surface area contributed by atoms with Gasteiger partial charge in [-0.05, 0) is 31.5 Å². The molecule has 4 rings (SSSR count). The lowest BCUT2D eigenvalue weighted by atomic mass is 10.0. The van der Waals surface area contributed by atoms with Crippen LogP contribution in [0.4, 0.5) is 5.69 Å². The van der Waals surface area contributed by atoms with Gasteiger partial charge in [-0.25, -0.2) is 0 Å². The second kappa shape index (κ2) is 9.35. The average Bonchev–Trinajstić information content (AvgIpc) is 3.02. The summed E-state index contributed by atoms with van der Waals surface area (Å²) in [6.07, 6.45) is -0.177. The highest BCUT2D eigenvalue weighted by Crippen LogP contribution is 2.33. The minimum absolute atomic E-state index is 0.0644. The number of rotatable bonds is 6. The predicted molar refractivity (Wildman–Crippen MR) is 116 cm³/mol. The van der Waals surface area contributed by atoms with Crippen molar-refractivity contribution < 1.29 is 24.0 Å². The fraction of sp³-hybridized carbons (Fsp3) is 0.545. The molecule has 2 amide bonds. The number of non-ortho nitro benzene ring substituents is 1. The van der Waals surface area contributed by atoms with Crippen molar-refractivity contribution in [2.45, 2.75) is 26.1 Å². The number of nitro groups is 1. The van der Waals surface area contributed by atoms with Crippen LogP contribution in [0.3, 0.4) is 0 Å². The number of nitrogens with zero attached hydrogens (tertiary/aromatic N) is 4. The molecule has 3 heterocycles. The standard InChI is InChI=1S/C22H28N4O6/c1-15-13-24(14-16(2)32-15)20-19(17-3-5-18(6-4-17)26(29)30)21(27)25(22(20)28)8-7-23-9-11-31-12-10-23/h3-6,15-16H,7-14H2,1-2H3. The van der Waals surface area contributed by atoms with Crippen molar-refractivity contribution in [3.63, 3.8) is 0 Å². The van der Waals surface area contributed by atoms with Gasteiger partial charge >= 0.3 is 0 Å². The summed E-state index contributed by atoms with van der Waals surface area (Å²) in [5.41, 5.74) is 1.09. The van der Waals surface area contributed by atoms with Crippen LogP contribution in [-0.4, -0.2) is 96.1 Å². The maximum atomic E-state index is 13.5. The zero-order valence-electron chi connectivity index (χ0n) is 18.4. The minimum Gasteiger partial charge on any atom is -0.379 e.